The molecule has 0 aromatic heterocycles. The maximum atomic E-state index is 13.3. The van der Waals surface area contributed by atoms with Crippen LogP contribution in [0.2, 0.25) is 0 Å². The van der Waals surface area contributed by atoms with Gasteiger partial charge in [-0.05, 0) is 60.7 Å². The summed E-state index contributed by atoms with van der Waals surface area (Å²) in [6.45, 7) is 1.70. The van der Waals surface area contributed by atoms with Gasteiger partial charge in [0, 0.05) is 10.6 Å². The first kappa shape index (κ1) is 21.9. The van der Waals surface area contributed by atoms with E-state index in [1.54, 1.807) is 48.2 Å². The second-order valence-electron chi connectivity index (χ2n) is 6.62. The van der Waals surface area contributed by atoms with Gasteiger partial charge in [0.1, 0.15) is 6.54 Å². The van der Waals surface area contributed by atoms with Crippen molar-refractivity contribution in [2.75, 3.05) is 22.4 Å². The van der Waals surface area contributed by atoms with Crippen molar-refractivity contribution in [1.82, 2.24) is 0 Å². The van der Waals surface area contributed by atoms with Gasteiger partial charge in [-0.1, -0.05) is 43.3 Å². The Kier molecular flexibility index (Phi) is 7.18. The number of carbonyl (C=O) groups is 1. The Bertz CT molecular complexity index is 1100. The molecule has 0 saturated carbocycles. The van der Waals surface area contributed by atoms with Crippen LogP contribution in [0.4, 0.5) is 11.4 Å². The molecular weight excluding hydrogens is 416 g/mol. The number of hydrogen-bond acceptors (Lipinski definition) is 4. The van der Waals surface area contributed by atoms with Crippen molar-refractivity contribution in [2.24, 2.45) is 0 Å². The van der Waals surface area contributed by atoms with E-state index >= 15 is 0 Å². The summed E-state index contributed by atoms with van der Waals surface area (Å²) in [5.41, 5.74) is 2.17. The monoisotopic (exact) mass is 440 g/mol. The molecule has 0 aliphatic heterocycles. The van der Waals surface area contributed by atoms with E-state index in [1.165, 1.54) is 12.1 Å². The number of nitrogens with zero attached hydrogens (tertiary/aromatic N) is 1. The number of rotatable bonds is 8. The minimum Gasteiger partial charge on any atom is -0.324 e. The molecule has 1 amide bonds. The predicted molar refractivity (Wildman–Crippen MR) is 124 cm³/mol. The average molecular weight is 441 g/mol. The Labute approximate surface area is 182 Å². The molecule has 0 saturated heterocycles. The molecule has 0 radical (unpaired) electrons. The summed E-state index contributed by atoms with van der Waals surface area (Å²) in [7, 11) is -3.91. The van der Waals surface area contributed by atoms with E-state index in [9.17, 15) is 13.2 Å². The molecule has 0 fully saturated rings. The average Bonchev–Trinajstić information content (AvgIpc) is 2.78. The lowest BCUT2D eigenvalue weighted by molar-refractivity contribution is -0.114. The second kappa shape index (κ2) is 9.82. The fraction of sp³-hybridized carbons (Fsp3) is 0.174. The Morgan fingerprint density at radius 2 is 1.67 bits per heavy atom. The fourth-order valence-electron chi connectivity index (χ4n) is 2.96. The third-order valence-corrected chi connectivity index (χ3v) is 7.12. The molecule has 3 aromatic carbocycles. The number of amides is 1. The van der Waals surface area contributed by atoms with Crippen molar-refractivity contribution in [2.45, 2.75) is 23.1 Å². The highest BCUT2D eigenvalue weighted by Gasteiger charge is 2.27. The van der Waals surface area contributed by atoms with E-state index in [0.717, 1.165) is 21.2 Å². The van der Waals surface area contributed by atoms with Crippen LogP contribution in [0.25, 0.3) is 0 Å². The molecule has 0 bridgehead atoms. The maximum Gasteiger partial charge on any atom is 0.264 e. The molecule has 1 N–H and O–H groups in total. The van der Waals surface area contributed by atoms with Crippen LogP contribution in [0.15, 0.2) is 88.7 Å². The van der Waals surface area contributed by atoms with Crippen LogP contribution in [0, 0.1) is 0 Å². The lowest BCUT2D eigenvalue weighted by Gasteiger charge is -2.24. The molecule has 5 nitrogen and oxygen atoms in total. The SMILES string of the molecule is CCc1ccc(N(CC(=O)Nc2cccc(SC)c2)S(=O)(=O)c2ccccc2)cc1. The first-order valence-electron chi connectivity index (χ1n) is 9.54. The minimum atomic E-state index is -3.91. The van der Waals surface area contributed by atoms with E-state index in [0.29, 0.717) is 11.4 Å². The molecule has 0 heterocycles. The molecule has 0 unspecified atom stereocenters. The molecule has 7 heteroatoms. The number of sulfonamides is 1. The van der Waals surface area contributed by atoms with E-state index in [1.807, 2.05) is 43.5 Å². The van der Waals surface area contributed by atoms with Gasteiger partial charge in [0.05, 0.1) is 10.6 Å². The molecule has 0 aliphatic carbocycles. The van der Waals surface area contributed by atoms with Crippen LogP contribution in [0.1, 0.15) is 12.5 Å². The van der Waals surface area contributed by atoms with Crippen LogP contribution < -0.4 is 9.62 Å². The Morgan fingerprint density at radius 1 is 0.967 bits per heavy atom. The summed E-state index contributed by atoms with van der Waals surface area (Å²) in [5, 5.41) is 2.80. The van der Waals surface area contributed by atoms with Gasteiger partial charge in [-0.15, -0.1) is 11.8 Å². The van der Waals surface area contributed by atoms with E-state index in [4.69, 9.17) is 0 Å². The molecular formula is C23H24N2O3S2. The molecule has 0 aliphatic rings. The maximum absolute atomic E-state index is 13.3. The number of thioether (sulfide) groups is 1. The first-order chi connectivity index (χ1) is 14.4. The van der Waals surface area contributed by atoms with Gasteiger partial charge >= 0.3 is 0 Å². The van der Waals surface area contributed by atoms with E-state index in [2.05, 4.69) is 5.32 Å². The van der Waals surface area contributed by atoms with Crippen LogP contribution in [0.5, 0.6) is 0 Å². The highest BCUT2D eigenvalue weighted by molar-refractivity contribution is 7.98. The highest BCUT2D eigenvalue weighted by Crippen LogP contribution is 2.25. The quantitative estimate of drug-likeness (QED) is 0.511. The topological polar surface area (TPSA) is 66.5 Å². The number of benzene rings is 3. The minimum absolute atomic E-state index is 0.141. The number of aryl methyl sites for hydroxylation is 1. The van der Waals surface area contributed by atoms with Gasteiger partial charge in [0.25, 0.3) is 10.0 Å². The number of anilines is 2. The third kappa shape index (κ3) is 5.23. The van der Waals surface area contributed by atoms with Crippen molar-refractivity contribution in [3.05, 3.63) is 84.4 Å². The van der Waals surface area contributed by atoms with Crippen molar-refractivity contribution in [3.8, 4) is 0 Å². The Hall–Kier alpha value is -2.77. The second-order valence-corrected chi connectivity index (χ2v) is 9.37. The van der Waals surface area contributed by atoms with Crippen molar-refractivity contribution in [1.29, 1.82) is 0 Å². The summed E-state index contributed by atoms with van der Waals surface area (Å²) in [4.78, 5) is 13.9. The van der Waals surface area contributed by atoms with Crippen LogP contribution in [0.3, 0.4) is 0 Å². The standard InChI is InChI=1S/C23H24N2O3S2/c1-3-18-12-14-20(15-13-18)25(30(27,28)22-10-5-4-6-11-22)17-23(26)24-19-8-7-9-21(16-19)29-2/h4-16H,3,17H2,1-2H3,(H,24,26). The van der Waals surface area contributed by atoms with Gasteiger partial charge in [-0.2, -0.15) is 0 Å². The smallest absolute Gasteiger partial charge is 0.264 e. The summed E-state index contributed by atoms with van der Waals surface area (Å²) >= 11 is 1.57. The van der Waals surface area contributed by atoms with Gasteiger partial charge < -0.3 is 5.32 Å². The van der Waals surface area contributed by atoms with Gasteiger partial charge in [0.15, 0.2) is 0 Å². The number of hydrogen-bond donors (Lipinski definition) is 1. The highest BCUT2D eigenvalue weighted by atomic mass is 32.2. The number of nitrogens with one attached hydrogen (secondary N) is 1. The lowest BCUT2D eigenvalue weighted by Crippen LogP contribution is -2.38. The Balaban J connectivity index is 1.91. The molecule has 30 heavy (non-hydrogen) atoms. The van der Waals surface area contributed by atoms with Crippen molar-refractivity contribution in [3.63, 3.8) is 0 Å². The summed E-state index contributed by atoms with van der Waals surface area (Å²) in [5.74, 6) is -0.410. The molecule has 0 atom stereocenters. The van der Waals surface area contributed by atoms with Gasteiger partial charge in [-0.3, -0.25) is 9.10 Å². The zero-order chi connectivity index (χ0) is 21.6. The van der Waals surface area contributed by atoms with Crippen molar-refractivity contribution < 1.29 is 13.2 Å². The lowest BCUT2D eigenvalue weighted by atomic mass is 10.1. The normalized spacial score (nSPS) is 11.1. The molecule has 3 rings (SSSR count). The number of carbonyl (C=O) groups excluding carboxylic acids is 1. The molecule has 156 valence electrons. The summed E-state index contributed by atoms with van der Waals surface area (Å²) < 4.78 is 27.8. The fourth-order valence-corrected chi connectivity index (χ4v) is 4.87. The van der Waals surface area contributed by atoms with Crippen LogP contribution >= 0.6 is 11.8 Å². The van der Waals surface area contributed by atoms with Crippen molar-refractivity contribution >= 4 is 39.1 Å². The summed E-state index contributed by atoms with van der Waals surface area (Å²) in [6.07, 6.45) is 2.80. The van der Waals surface area contributed by atoms with Crippen LogP contribution in [-0.2, 0) is 21.2 Å². The zero-order valence-corrected chi connectivity index (χ0v) is 18.5. The predicted octanol–water partition coefficient (Wildman–Crippen LogP) is 4.80. The summed E-state index contributed by atoms with van der Waals surface area (Å²) in [6, 6.07) is 22.8. The third-order valence-electron chi connectivity index (χ3n) is 4.60. The van der Waals surface area contributed by atoms with Gasteiger partial charge in [-0.25, -0.2) is 8.42 Å². The first-order valence-corrected chi connectivity index (χ1v) is 12.2. The molecule has 3 aromatic rings. The van der Waals surface area contributed by atoms with E-state index in [-0.39, 0.29) is 11.4 Å². The Morgan fingerprint density at radius 3 is 2.30 bits per heavy atom. The van der Waals surface area contributed by atoms with Crippen LogP contribution in [-0.4, -0.2) is 27.1 Å². The van der Waals surface area contributed by atoms with E-state index < -0.39 is 15.9 Å². The zero-order valence-electron chi connectivity index (χ0n) is 16.9. The van der Waals surface area contributed by atoms with Gasteiger partial charge in [0.2, 0.25) is 5.91 Å². The largest absolute Gasteiger partial charge is 0.324 e. The molecule has 0 spiro atoms.